The Morgan fingerprint density at radius 2 is 1.83 bits per heavy atom. The van der Waals surface area contributed by atoms with Gasteiger partial charge in [-0.05, 0) is 36.8 Å². The number of hydrogen-bond acceptors (Lipinski definition) is 1. The molecule has 1 aromatic rings. The second-order valence-electron chi connectivity index (χ2n) is 5.04. The van der Waals surface area contributed by atoms with Gasteiger partial charge < -0.3 is 10.6 Å². The maximum Gasteiger partial charge on any atom is 0.314 e. The number of benzene rings is 1. The molecule has 2 N–H and O–H groups in total. The van der Waals surface area contributed by atoms with E-state index in [2.05, 4.69) is 43.5 Å². The largest absolute Gasteiger partial charge is 0.338 e. The number of amides is 2. The number of nitrogens with one attached hydrogen (secondary N) is 2. The third kappa shape index (κ3) is 5.71. The van der Waals surface area contributed by atoms with Crippen molar-refractivity contribution in [3.63, 3.8) is 0 Å². The van der Waals surface area contributed by atoms with Crippen molar-refractivity contribution in [1.82, 2.24) is 10.6 Å². The third-order valence-corrected chi connectivity index (χ3v) is 2.95. The maximum absolute atomic E-state index is 11.5. The molecule has 0 saturated carbocycles. The van der Waals surface area contributed by atoms with Gasteiger partial charge in [0.05, 0.1) is 0 Å². The first kappa shape index (κ1) is 14.6. The predicted octanol–water partition coefficient (Wildman–Crippen LogP) is 2.88. The van der Waals surface area contributed by atoms with Crippen LogP contribution in [0.3, 0.4) is 0 Å². The number of carbonyl (C=O) groups excluding carboxylic acids is 1. The van der Waals surface area contributed by atoms with Crippen LogP contribution in [0.2, 0.25) is 0 Å². The van der Waals surface area contributed by atoms with E-state index in [-0.39, 0.29) is 6.03 Å². The topological polar surface area (TPSA) is 41.1 Å². The monoisotopic (exact) mass is 248 g/mol. The molecule has 0 aromatic heterocycles. The average molecular weight is 248 g/mol. The molecule has 0 fully saturated rings. The Balaban J connectivity index is 2.18. The zero-order valence-electron chi connectivity index (χ0n) is 11.6. The molecule has 0 heterocycles. The van der Waals surface area contributed by atoms with Gasteiger partial charge in [-0.1, -0.05) is 38.1 Å². The first-order valence-electron chi connectivity index (χ1n) is 6.66. The second-order valence-corrected chi connectivity index (χ2v) is 5.04. The molecule has 2 amide bonds. The number of urea groups is 1. The van der Waals surface area contributed by atoms with Crippen LogP contribution in [-0.2, 0) is 6.42 Å². The molecule has 0 unspecified atom stereocenters. The summed E-state index contributed by atoms with van der Waals surface area (Å²) in [5.41, 5.74) is 2.57. The van der Waals surface area contributed by atoms with Gasteiger partial charge in [0.25, 0.3) is 0 Å². The first-order chi connectivity index (χ1) is 8.59. The summed E-state index contributed by atoms with van der Waals surface area (Å²) in [4.78, 5) is 11.5. The average Bonchev–Trinajstić information content (AvgIpc) is 2.31. The fourth-order valence-electron chi connectivity index (χ4n) is 1.74. The highest BCUT2D eigenvalue weighted by Crippen LogP contribution is 2.06. The fraction of sp³-hybridized carbons (Fsp3) is 0.533. The summed E-state index contributed by atoms with van der Waals surface area (Å²) in [5, 5.41) is 5.75. The Bertz CT molecular complexity index is 375. The first-order valence-corrected chi connectivity index (χ1v) is 6.66. The van der Waals surface area contributed by atoms with E-state index >= 15 is 0 Å². The molecule has 0 spiro atoms. The zero-order valence-corrected chi connectivity index (χ0v) is 11.6. The van der Waals surface area contributed by atoms with E-state index in [1.54, 1.807) is 0 Å². The van der Waals surface area contributed by atoms with E-state index in [4.69, 9.17) is 0 Å². The molecule has 1 rings (SSSR count). The lowest BCUT2D eigenvalue weighted by molar-refractivity contribution is 0.240. The van der Waals surface area contributed by atoms with Crippen molar-refractivity contribution in [1.29, 1.82) is 0 Å². The minimum absolute atomic E-state index is 0.0655. The lowest BCUT2D eigenvalue weighted by Crippen LogP contribution is -2.37. The third-order valence-electron chi connectivity index (χ3n) is 2.95. The molecule has 0 aliphatic carbocycles. The standard InChI is InChI=1S/C15H24N2O/c1-12(2)8-10-16-15(18)17-11-9-14-7-5-4-6-13(14)3/h4-7,12H,8-11H2,1-3H3,(H2,16,17,18). The van der Waals surface area contributed by atoms with Gasteiger partial charge in [-0.2, -0.15) is 0 Å². The van der Waals surface area contributed by atoms with Crippen molar-refractivity contribution in [2.45, 2.75) is 33.6 Å². The predicted molar refractivity (Wildman–Crippen MR) is 75.7 cm³/mol. The van der Waals surface area contributed by atoms with Gasteiger partial charge in [0.15, 0.2) is 0 Å². The minimum Gasteiger partial charge on any atom is -0.338 e. The highest BCUT2D eigenvalue weighted by molar-refractivity contribution is 5.73. The lowest BCUT2D eigenvalue weighted by atomic mass is 10.1. The van der Waals surface area contributed by atoms with E-state index < -0.39 is 0 Å². The van der Waals surface area contributed by atoms with Crippen LogP contribution in [-0.4, -0.2) is 19.1 Å². The van der Waals surface area contributed by atoms with Crippen molar-refractivity contribution in [2.24, 2.45) is 5.92 Å². The summed E-state index contributed by atoms with van der Waals surface area (Å²) in [6.07, 6.45) is 1.90. The van der Waals surface area contributed by atoms with E-state index in [1.165, 1.54) is 11.1 Å². The van der Waals surface area contributed by atoms with Crippen LogP contribution in [0.4, 0.5) is 4.79 Å². The van der Waals surface area contributed by atoms with E-state index in [0.717, 1.165) is 19.4 Å². The van der Waals surface area contributed by atoms with Crippen LogP contribution < -0.4 is 10.6 Å². The summed E-state index contributed by atoms with van der Waals surface area (Å²) in [6.45, 7) is 7.82. The van der Waals surface area contributed by atoms with Gasteiger partial charge in [-0.15, -0.1) is 0 Å². The van der Waals surface area contributed by atoms with Crippen LogP contribution in [0, 0.1) is 12.8 Å². The molecule has 0 radical (unpaired) electrons. The molecule has 3 nitrogen and oxygen atoms in total. The van der Waals surface area contributed by atoms with Gasteiger partial charge >= 0.3 is 6.03 Å². The van der Waals surface area contributed by atoms with Crippen molar-refractivity contribution < 1.29 is 4.79 Å². The molecule has 18 heavy (non-hydrogen) atoms. The number of rotatable bonds is 6. The molecule has 0 aliphatic rings. The Labute approximate surface area is 110 Å². The van der Waals surface area contributed by atoms with Crippen LogP contribution in [0.5, 0.6) is 0 Å². The highest BCUT2D eigenvalue weighted by Gasteiger charge is 2.01. The van der Waals surface area contributed by atoms with Crippen molar-refractivity contribution in [2.75, 3.05) is 13.1 Å². The number of carbonyl (C=O) groups is 1. The van der Waals surface area contributed by atoms with Crippen LogP contribution in [0.1, 0.15) is 31.4 Å². The molecule has 0 aliphatic heterocycles. The normalized spacial score (nSPS) is 10.4. The van der Waals surface area contributed by atoms with Crippen molar-refractivity contribution in [3.8, 4) is 0 Å². The molecule has 1 aromatic carbocycles. The minimum atomic E-state index is -0.0655. The molecule has 3 heteroatoms. The Morgan fingerprint density at radius 1 is 1.17 bits per heavy atom. The Morgan fingerprint density at radius 3 is 2.50 bits per heavy atom. The SMILES string of the molecule is Cc1ccccc1CCNC(=O)NCCC(C)C. The van der Waals surface area contributed by atoms with Gasteiger partial charge in [-0.3, -0.25) is 0 Å². The number of hydrogen-bond donors (Lipinski definition) is 2. The Kier molecular flexibility index (Phi) is 6.26. The molecule has 0 atom stereocenters. The van der Waals surface area contributed by atoms with Gasteiger partial charge in [0, 0.05) is 13.1 Å². The smallest absolute Gasteiger partial charge is 0.314 e. The molecule has 100 valence electrons. The Hall–Kier alpha value is -1.51. The van der Waals surface area contributed by atoms with Crippen molar-refractivity contribution in [3.05, 3.63) is 35.4 Å². The van der Waals surface area contributed by atoms with E-state index in [9.17, 15) is 4.79 Å². The van der Waals surface area contributed by atoms with E-state index in [0.29, 0.717) is 12.5 Å². The highest BCUT2D eigenvalue weighted by atomic mass is 16.2. The quantitative estimate of drug-likeness (QED) is 0.798. The molecule has 0 bridgehead atoms. The summed E-state index contributed by atoms with van der Waals surface area (Å²) in [5.74, 6) is 0.622. The van der Waals surface area contributed by atoms with Crippen LogP contribution in [0.15, 0.2) is 24.3 Å². The maximum atomic E-state index is 11.5. The van der Waals surface area contributed by atoms with Gasteiger partial charge in [-0.25, -0.2) is 4.79 Å². The number of aryl methyl sites for hydroxylation is 1. The summed E-state index contributed by atoms with van der Waals surface area (Å²) in [6, 6.07) is 8.20. The van der Waals surface area contributed by atoms with Crippen LogP contribution in [0.25, 0.3) is 0 Å². The van der Waals surface area contributed by atoms with Crippen LogP contribution >= 0.6 is 0 Å². The molecule has 0 saturated heterocycles. The summed E-state index contributed by atoms with van der Waals surface area (Å²) < 4.78 is 0. The van der Waals surface area contributed by atoms with E-state index in [1.807, 2.05) is 12.1 Å². The molecular weight excluding hydrogens is 224 g/mol. The van der Waals surface area contributed by atoms with Crippen molar-refractivity contribution >= 4 is 6.03 Å². The zero-order chi connectivity index (χ0) is 13.4. The molecular formula is C15H24N2O. The van der Waals surface area contributed by atoms with Gasteiger partial charge in [0.1, 0.15) is 0 Å². The summed E-state index contributed by atoms with van der Waals surface area (Å²) in [7, 11) is 0. The summed E-state index contributed by atoms with van der Waals surface area (Å²) >= 11 is 0. The second kappa shape index (κ2) is 7.75. The van der Waals surface area contributed by atoms with Gasteiger partial charge in [0.2, 0.25) is 0 Å². The fourth-order valence-corrected chi connectivity index (χ4v) is 1.74. The lowest BCUT2D eigenvalue weighted by Gasteiger charge is -2.09.